The second kappa shape index (κ2) is 8.02. The van der Waals surface area contributed by atoms with Crippen LogP contribution in [0.2, 0.25) is 0 Å². The summed E-state index contributed by atoms with van der Waals surface area (Å²) >= 11 is 0. The molecule has 0 amide bonds. The van der Waals surface area contributed by atoms with Crippen LogP contribution in [0.1, 0.15) is 26.3 Å². The van der Waals surface area contributed by atoms with Crippen molar-refractivity contribution in [1.29, 1.82) is 0 Å². The molecule has 1 aromatic carbocycles. The Morgan fingerprint density at radius 1 is 1.11 bits per heavy atom. The topological polar surface area (TPSA) is 39.7 Å². The van der Waals surface area contributed by atoms with E-state index >= 15 is 0 Å². The van der Waals surface area contributed by atoms with Gasteiger partial charge in [-0.25, -0.2) is 0 Å². The fourth-order valence-electron chi connectivity index (χ4n) is 1.77. The molecule has 1 atom stereocenters. The summed E-state index contributed by atoms with van der Waals surface area (Å²) in [5.74, 6) is 1.55. The number of nitrogens with one attached hydrogen (secondary N) is 1. The molecule has 0 aromatic heterocycles. The van der Waals surface area contributed by atoms with Gasteiger partial charge >= 0.3 is 0 Å². The smallest absolute Gasteiger partial charge is 0.161 e. The van der Waals surface area contributed by atoms with Crippen LogP contribution in [-0.2, 0) is 11.3 Å². The predicted molar refractivity (Wildman–Crippen MR) is 76.9 cm³/mol. The summed E-state index contributed by atoms with van der Waals surface area (Å²) in [7, 11) is 3.37. The first-order valence-corrected chi connectivity index (χ1v) is 6.62. The van der Waals surface area contributed by atoms with Gasteiger partial charge in [-0.15, -0.1) is 0 Å². The molecule has 0 radical (unpaired) electrons. The van der Waals surface area contributed by atoms with Crippen molar-refractivity contribution in [2.24, 2.45) is 0 Å². The van der Waals surface area contributed by atoms with E-state index in [0.717, 1.165) is 23.6 Å². The van der Waals surface area contributed by atoms with Crippen molar-refractivity contribution in [1.82, 2.24) is 5.32 Å². The van der Waals surface area contributed by atoms with E-state index in [9.17, 15) is 0 Å². The van der Waals surface area contributed by atoms with Gasteiger partial charge in [0, 0.05) is 19.7 Å². The van der Waals surface area contributed by atoms with Crippen molar-refractivity contribution in [2.75, 3.05) is 20.8 Å². The van der Waals surface area contributed by atoms with Crippen LogP contribution in [0.4, 0.5) is 0 Å². The fraction of sp³-hybridized carbons (Fsp3) is 0.600. The highest BCUT2D eigenvalue weighted by Crippen LogP contribution is 2.28. The van der Waals surface area contributed by atoms with Gasteiger partial charge in [0.2, 0.25) is 0 Å². The maximum Gasteiger partial charge on any atom is 0.161 e. The normalized spacial score (nSPS) is 12.5. The van der Waals surface area contributed by atoms with E-state index in [1.54, 1.807) is 14.2 Å². The zero-order chi connectivity index (χ0) is 14.3. The van der Waals surface area contributed by atoms with Gasteiger partial charge in [0.25, 0.3) is 0 Å². The summed E-state index contributed by atoms with van der Waals surface area (Å²) in [5.41, 5.74) is 1.16. The van der Waals surface area contributed by atoms with Crippen LogP contribution in [0.25, 0.3) is 0 Å². The molecule has 0 saturated heterocycles. The van der Waals surface area contributed by atoms with Gasteiger partial charge in [0.1, 0.15) is 0 Å². The second-order valence-electron chi connectivity index (χ2n) is 4.89. The Morgan fingerprint density at radius 2 is 1.84 bits per heavy atom. The van der Waals surface area contributed by atoms with Crippen molar-refractivity contribution in [3.8, 4) is 11.5 Å². The lowest BCUT2D eigenvalue weighted by molar-refractivity contribution is 0.171. The monoisotopic (exact) mass is 267 g/mol. The van der Waals surface area contributed by atoms with Gasteiger partial charge in [-0.2, -0.15) is 0 Å². The van der Waals surface area contributed by atoms with Crippen LogP contribution >= 0.6 is 0 Å². The van der Waals surface area contributed by atoms with Crippen molar-refractivity contribution >= 4 is 0 Å². The molecular weight excluding hydrogens is 242 g/mol. The first kappa shape index (κ1) is 15.8. The Labute approximate surface area is 116 Å². The Hall–Kier alpha value is -1.26. The van der Waals surface area contributed by atoms with Crippen molar-refractivity contribution in [2.45, 2.75) is 39.5 Å². The summed E-state index contributed by atoms with van der Waals surface area (Å²) in [6.07, 6.45) is 0.139. The van der Waals surface area contributed by atoms with E-state index in [-0.39, 0.29) is 6.10 Å². The molecule has 1 unspecified atom stereocenters. The number of methoxy groups -OCH3 is 2. The highest BCUT2D eigenvalue weighted by atomic mass is 16.5. The molecule has 108 valence electrons. The largest absolute Gasteiger partial charge is 0.493 e. The Kier molecular flexibility index (Phi) is 6.67. The van der Waals surface area contributed by atoms with E-state index in [0.29, 0.717) is 12.6 Å². The van der Waals surface area contributed by atoms with Crippen molar-refractivity contribution < 1.29 is 14.2 Å². The summed E-state index contributed by atoms with van der Waals surface area (Å²) in [6, 6.07) is 6.33. The number of hydrogen-bond acceptors (Lipinski definition) is 4. The van der Waals surface area contributed by atoms with E-state index in [1.807, 2.05) is 32.0 Å². The number of ether oxygens (including phenoxy) is 3. The summed E-state index contributed by atoms with van der Waals surface area (Å²) < 4.78 is 16.1. The van der Waals surface area contributed by atoms with E-state index in [2.05, 4.69) is 12.2 Å². The average molecular weight is 267 g/mol. The first-order valence-electron chi connectivity index (χ1n) is 6.62. The minimum absolute atomic E-state index is 0.139. The van der Waals surface area contributed by atoms with Crippen LogP contribution in [0, 0.1) is 0 Å². The third-order valence-electron chi connectivity index (χ3n) is 2.66. The van der Waals surface area contributed by atoms with Crippen molar-refractivity contribution in [3.63, 3.8) is 0 Å². The maximum atomic E-state index is 5.69. The minimum Gasteiger partial charge on any atom is -0.493 e. The molecule has 0 aliphatic carbocycles. The summed E-state index contributed by atoms with van der Waals surface area (Å²) in [5, 5.41) is 3.39. The molecular formula is C15H25NO3. The maximum absolute atomic E-state index is 5.69. The molecule has 1 aromatic rings. The van der Waals surface area contributed by atoms with Crippen LogP contribution in [0.3, 0.4) is 0 Å². The lowest BCUT2D eigenvalue weighted by atomic mass is 10.2. The molecule has 0 spiro atoms. The predicted octanol–water partition coefficient (Wildman–Crippen LogP) is 2.61. The van der Waals surface area contributed by atoms with E-state index in [4.69, 9.17) is 14.2 Å². The standard InChI is InChI=1S/C15H25NO3/c1-11(2)19-14-7-6-13(8-15(14)18-5)9-16-12(3)10-17-4/h6-8,11-12,16H,9-10H2,1-5H3. The third kappa shape index (κ3) is 5.49. The molecule has 1 N–H and O–H groups in total. The quantitative estimate of drug-likeness (QED) is 0.786. The van der Waals surface area contributed by atoms with E-state index in [1.165, 1.54) is 0 Å². The molecule has 0 bridgehead atoms. The lowest BCUT2D eigenvalue weighted by Gasteiger charge is -2.16. The summed E-state index contributed by atoms with van der Waals surface area (Å²) in [6.45, 7) is 7.58. The molecule has 4 nitrogen and oxygen atoms in total. The average Bonchev–Trinajstić information content (AvgIpc) is 2.37. The Balaban J connectivity index is 2.65. The Morgan fingerprint density at radius 3 is 2.42 bits per heavy atom. The fourth-order valence-corrected chi connectivity index (χ4v) is 1.77. The molecule has 0 fully saturated rings. The number of hydrogen-bond donors (Lipinski definition) is 1. The van der Waals surface area contributed by atoms with Crippen LogP contribution in [-0.4, -0.2) is 33.0 Å². The third-order valence-corrected chi connectivity index (χ3v) is 2.66. The molecule has 1 rings (SSSR count). The number of rotatable bonds is 8. The SMILES string of the molecule is COCC(C)NCc1ccc(OC(C)C)c(OC)c1. The molecule has 4 heteroatoms. The molecule has 0 aliphatic heterocycles. The van der Waals surface area contributed by atoms with Crippen LogP contribution in [0.15, 0.2) is 18.2 Å². The number of benzene rings is 1. The zero-order valence-electron chi connectivity index (χ0n) is 12.5. The van der Waals surface area contributed by atoms with Gasteiger partial charge < -0.3 is 19.5 Å². The van der Waals surface area contributed by atoms with Gasteiger partial charge in [-0.05, 0) is 38.5 Å². The molecule has 0 saturated carbocycles. The van der Waals surface area contributed by atoms with Gasteiger partial charge in [0.05, 0.1) is 19.8 Å². The van der Waals surface area contributed by atoms with E-state index < -0.39 is 0 Å². The summed E-state index contributed by atoms with van der Waals surface area (Å²) in [4.78, 5) is 0. The molecule has 0 aliphatic rings. The highest BCUT2D eigenvalue weighted by molar-refractivity contribution is 5.43. The molecule has 19 heavy (non-hydrogen) atoms. The zero-order valence-corrected chi connectivity index (χ0v) is 12.5. The highest BCUT2D eigenvalue weighted by Gasteiger charge is 2.08. The van der Waals surface area contributed by atoms with Crippen LogP contribution < -0.4 is 14.8 Å². The second-order valence-corrected chi connectivity index (χ2v) is 4.89. The minimum atomic E-state index is 0.139. The van der Waals surface area contributed by atoms with Crippen LogP contribution in [0.5, 0.6) is 11.5 Å². The van der Waals surface area contributed by atoms with Gasteiger partial charge in [0.15, 0.2) is 11.5 Å². The molecule has 0 heterocycles. The Bertz CT molecular complexity index is 380. The van der Waals surface area contributed by atoms with Crippen molar-refractivity contribution in [3.05, 3.63) is 23.8 Å². The lowest BCUT2D eigenvalue weighted by Crippen LogP contribution is -2.29. The van der Waals surface area contributed by atoms with Gasteiger partial charge in [-0.3, -0.25) is 0 Å². The first-order chi connectivity index (χ1) is 9.06. The van der Waals surface area contributed by atoms with Gasteiger partial charge in [-0.1, -0.05) is 6.07 Å².